The quantitative estimate of drug-likeness (QED) is 0.313. The molecule has 0 saturated heterocycles. The van der Waals surface area contributed by atoms with Gasteiger partial charge in [0.15, 0.2) is 0 Å². The summed E-state index contributed by atoms with van der Waals surface area (Å²) < 4.78 is 46.9. The lowest BCUT2D eigenvalue weighted by molar-refractivity contribution is 0.168. The predicted molar refractivity (Wildman–Crippen MR) is 121 cm³/mol. The molecule has 170 valence electrons. The van der Waals surface area contributed by atoms with Gasteiger partial charge in [0.1, 0.15) is 5.82 Å². The van der Waals surface area contributed by atoms with Gasteiger partial charge in [-0.25, -0.2) is 9.18 Å². The summed E-state index contributed by atoms with van der Waals surface area (Å²) >= 11 is 0. The van der Waals surface area contributed by atoms with Crippen LogP contribution in [-0.2, 0) is 21.4 Å². The highest BCUT2D eigenvalue weighted by atomic mass is 32.2. The smallest absolute Gasteiger partial charge is 0.411 e. The molecule has 0 aliphatic carbocycles. The first-order chi connectivity index (χ1) is 15.2. The molecule has 3 rings (SSSR count). The van der Waals surface area contributed by atoms with Gasteiger partial charge < -0.3 is 15.8 Å². The Morgan fingerprint density at radius 3 is 2.25 bits per heavy atom. The summed E-state index contributed by atoms with van der Waals surface area (Å²) in [5.41, 5.74) is 8.57. The minimum Gasteiger partial charge on any atom is -0.450 e. The third-order valence-electron chi connectivity index (χ3n) is 4.01. The fourth-order valence-electron chi connectivity index (χ4n) is 2.46. The number of hydrogen-bond acceptors (Lipinski definition) is 6. The van der Waals surface area contributed by atoms with Gasteiger partial charge in [0.25, 0.3) is 10.1 Å². The Balaban J connectivity index is 0.000000303. The molecule has 0 radical (unpaired) electrons. The maximum atomic E-state index is 12.8. The number of carbonyl (C=O) groups is 1. The van der Waals surface area contributed by atoms with E-state index in [2.05, 4.69) is 10.6 Å². The molecule has 3 aromatic carbocycles. The Labute approximate surface area is 186 Å². The van der Waals surface area contributed by atoms with Gasteiger partial charge in [0, 0.05) is 12.2 Å². The third kappa shape index (κ3) is 8.25. The number of carbonyl (C=O) groups excluding carboxylic acids is 1. The first-order valence-electron chi connectivity index (χ1n) is 9.53. The van der Waals surface area contributed by atoms with Crippen molar-refractivity contribution in [1.82, 2.24) is 0 Å². The molecule has 0 unspecified atom stereocenters. The molecule has 0 aliphatic heterocycles. The van der Waals surface area contributed by atoms with Crippen LogP contribution in [0.5, 0.6) is 0 Å². The van der Waals surface area contributed by atoms with E-state index in [9.17, 15) is 17.6 Å². The number of rotatable bonds is 6. The van der Waals surface area contributed by atoms with Gasteiger partial charge in [-0.05, 0) is 55.0 Å². The first kappa shape index (κ1) is 24.6. The summed E-state index contributed by atoms with van der Waals surface area (Å²) in [5.74, 6) is -0.262. The Kier molecular flexibility index (Phi) is 8.99. The fraction of sp³-hybridized carbons (Fsp3) is 0.136. The van der Waals surface area contributed by atoms with E-state index in [1.165, 1.54) is 24.3 Å². The number of ether oxygens (including phenoxy) is 1. The van der Waals surface area contributed by atoms with E-state index < -0.39 is 16.2 Å². The molecule has 10 heteroatoms. The number of anilines is 3. The fourth-order valence-corrected chi connectivity index (χ4v) is 2.96. The average Bonchev–Trinajstić information content (AvgIpc) is 2.76. The van der Waals surface area contributed by atoms with E-state index in [1.54, 1.807) is 55.5 Å². The molecule has 8 nitrogen and oxygen atoms in total. The van der Waals surface area contributed by atoms with Crippen LogP contribution in [0.3, 0.4) is 0 Å². The van der Waals surface area contributed by atoms with Crippen molar-refractivity contribution in [2.75, 3.05) is 23.0 Å². The standard InChI is InChI=1S/C16H18FN3O2.C6H6O3S/c1-2-22-16(21)20-15-8-7-13(9-14(15)18)19-10-11-3-5-12(17)6-4-11;7-10(8,9)6-4-2-1-3-5-6/h3-9,19H,2,10,18H2,1H3,(H,20,21);1-5H,(H,7,8,9). The van der Waals surface area contributed by atoms with Crippen molar-refractivity contribution in [3.63, 3.8) is 0 Å². The maximum Gasteiger partial charge on any atom is 0.411 e. The van der Waals surface area contributed by atoms with Crippen LogP contribution < -0.4 is 16.4 Å². The second-order valence-corrected chi connectivity index (χ2v) is 7.84. The van der Waals surface area contributed by atoms with Crippen LogP contribution in [0.4, 0.5) is 26.2 Å². The van der Waals surface area contributed by atoms with Crippen LogP contribution in [0.15, 0.2) is 77.7 Å². The summed E-state index contributed by atoms with van der Waals surface area (Å²) in [7, 11) is -4.00. The highest BCUT2D eigenvalue weighted by Crippen LogP contribution is 2.23. The van der Waals surface area contributed by atoms with E-state index in [4.69, 9.17) is 15.0 Å². The van der Waals surface area contributed by atoms with Crippen molar-refractivity contribution in [3.8, 4) is 0 Å². The maximum absolute atomic E-state index is 12.8. The number of benzene rings is 3. The molecule has 1 amide bonds. The van der Waals surface area contributed by atoms with Crippen LogP contribution in [0.25, 0.3) is 0 Å². The van der Waals surface area contributed by atoms with E-state index in [0.29, 0.717) is 24.5 Å². The highest BCUT2D eigenvalue weighted by Gasteiger charge is 2.07. The van der Waals surface area contributed by atoms with Gasteiger partial charge in [-0.3, -0.25) is 9.87 Å². The number of hydrogen-bond donors (Lipinski definition) is 4. The zero-order valence-corrected chi connectivity index (χ0v) is 18.1. The van der Waals surface area contributed by atoms with Crippen molar-refractivity contribution < 1.29 is 26.9 Å². The van der Waals surface area contributed by atoms with Gasteiger partial charge in [0.05, 0.1) is 22.9 Å². The number of halogens is 1. The van der Waals surface area contributed by atoms with E-state index in [1.807, 2.05) is 0 Å². The Bertz CT molecular complexity index is 1120. The molecule has 5 N–H and O–H groups in total. The topological polar surface area (TPSA) is 131 Å². The molecule has 0 atom stereocenters. The van der Waals surface area contributed by atoms with Crippen molar-refractivity contribution in [1.29, 1.82) is 0 Å². The van der Waals surface area contributed by atoms with Gasteiger partial charge in [-0.15, -0.1) is 0 Å². The highest BCUT2D eigenvalue weighted by molar-refractivity contribution is 7.85. The predicted octanol–water partition coefficient (Wildman–Crippen LogP) is 4.52. The van der Waals surface area contributed by atoms with Crippen molar-refractivity contribution in [2.24, 2.45) is 0 Å². The Morgan fingerprint density at radius 2 is 1.72 bits per heavy atom. The second kappa shape index (κ2) is 11.7. The minimum absolute atomic E-state index is 0.0741. The van der Waals surface area contributed by atoms with Crippen LogP contribution in [0.1, 0.15) is 12.5 Å². The van der Waals surface area contributed by atoms with Crippen molar-refractivity contribution in [2.45, 2.75) is 18.4 Å². The van der Waals surface area contributed by atoms with Gasteiger partial charge >= 0.3 is 6.09 Å². The molecule has 0 saturated carbocycles. The summed E-state index contributed by atoms with van der Waals surface area (Å²) in [5, 5.41) is 5.74. The Hall–Kier alpha value is -3.63. The van der Waals surface area contributed by atoms with Crippen LogP contribution in [0.2, 0.25) is 0 Å². The molecule has 0 heterocycles. The zero-order valence-electron chi connectivity index (χ0n) is 17.3. The zero-order chi connectivity index (χ0) is 23.6. The van der Waals surface area contributed by atoms with Crippen LogP contribution in [0, 0.1) is 5.82 Å². The van der Waals surface area contributed by atoms with E-state index in [0.717, 1.165) is 11.3 Å². The summed E-state index contributed by atoms with van der Waals surface area (Å²) in [6.45, 7) is 2.57. The molecule has 0 bridgehead atoms. The number of nitrogens with two attached hydrogens (primary N) is 1. The number of nitrogen functional groups attached to an aromatic ring is 1. The van der Waals surface area contributed by atoms with E-state index in [-0.39, 0.29) is 10.7 Å². The molecule has 0 fully saturated rings. The van der Waals surface area contributed by atoms with Gasteiger partial charge in [0.2, 0.25) is 0 Å². The summed E-state index contributed by atoms with van der Waals surface area (Å²) in [6.07, 6.45) is -0.541. The van der Waals surface area contributed by atoms with Crippen molar-refractivity contribution in [3.05, 3.63) is 84.2 Å². The summed E-state index contributed by atoms with van der Waals surface area (Å²) in [6, 6.07) is 18.9. The number of amides is 1. The number of nitrogens with one attached hydrogen (secondary N) is 2. The van der Waals surface area contributed by atoms with E-state index >= 15 is 0 Å². The molecule has 0 aromatic heterocycles. The second-order valence-electron chi connectivity index (χ2n) is 6.42. The first-order valence-corrected chi connectivity index (χ1v) is 11.0. The summed E-state index contributed by atoms with van der Waals surface area (Å²) in [4.78, 5) is 11.3. The monoisotopic (exact) mass is 461 g/mol. The van der Waals surface area contributed by atoms with Crippen LogP contribution in [-0.4, -0.2) is 25.7 Å². The molecule has 0 spiro atoms. The van der Waals surface area contributed by atoms with Gasteiger partial charge in [-0.1, -0.05) is 30.3 Å². The average molecular weight is 462 g/mol. The van der Waals surface area contributed by atoms with Crippen molar-refractivity contribution >= 4 is 33.3 Å². The Morgan fingerprint density at radius 1 is 1.06 bits per heavy atom. The molecule has 32 heavy (non-hydrogen) atoms. The molecular formula is C22H24FN3O5S. The lowest BCUT2D eigenvalue weighted by Crippen LogP contribution is -2.14. The van der Waals surface area contributed by atoms with Crippen LogP contribution >= 0.6 is 0 Å². The molecule has 3 aromatic rings. The lowest BCUT2D eigenvalue weighted by Gasteiger charge is -2.11. The minimum atomic E-state index is -4.00. The van der Waals surface area contributed by atoms with Gasteiger partial charge in [-0.2, -0.15) is 8.42 Å². The normalized spacial score (nSPS) is 10.5. The molecule has 0 aliphatic rings. The largest absolute Gasteiger partial charge is 0.450 e. The SMILES string of the molecule is CCOC(=O)Nc1ccc(NCc2ccc(F)cc2)cc1N.O=S(=O)(O)c1ccccc1. The molecular weight excluding hydrogens is 437 g/mol. The third-order valence-corrected chi connectivity index (χ3v) is 4.88. The lowest BCUT2D eigenvalue weighted by atomic mass is 10.2.